The third-order valence-corrected chi connectivity index (χ3v) is 4.84. The van der Waals surface area contributed by atoms with Crippen LogP contribution >= 0.6 is 23.2 Å². The van der Waals surface area contributed by atoms with Crippen LogP contribution in [-0.2, 0) is 0 Å². The first kappa shape index (κ1) is 15.1. The summed E-state index contributed by atoms with van der Waals surface area (Å²) in [5.74, 6) is 0.826. The topological polar surface area (TPSA) is 23.5 Å². The van der Waals surface area contributed by atoms with Gasteiger partial charge in [-0.3, -0.25) is 0 Å². The number of aliphatic hydroxyl groups is 1. The van der Waals surface area contributed by atoms with Crippen molar-refractivity contribution in [3.8, 4) is 0 Å². The lowest BCUT2D eigenvalue weighted by atomic mass is 10.1. The average molecular weight is 302 g/mol. The normalized spacial score (nSPS) is 21.8. The number of aliphatic hydroxyl groups excluding tert-OH is 1. The van der Waals surface area contributed by atoms with Crippen molar-refractivity contribution >= 4 is 23.2 Å². The molecule has 106 valence electrons. The molecule has 1 aliphatic rings. The number of halogens is 2. The Morgan fingerprint density at radius 1 is 1.42 bits per heavy atom. The van der Waals surface area contributed by atoms with Gasteiger partial charge in [0.2, 0.25) is 0 Å². The monoisotopic (exact) mass is 301 g/mol. The Morgan fingerprint density at radius 2 is 2.21 bits per heavy atom. The number of likely N-dealkylation sites (tertiary alicyclic amines) is 1. The van der Waals surface area contributed by atoms with Crippen molar-refractivity contribution < 1.29 is 5.11 Å². The number of benzene rings is 1. The summed E-state index contributed by atoms with van der Waals surface area (Å²) < 4.78 is 0. The van der Waals surface area contributed by atoms with E-state index in [-0.39, 0.29) is 0 Å². The SMILES string of the molecule is CCC1CCN(CCC(O)c2cccc(Cl)c2Cl)C1. The molecule has 1 heterocycles. The fourth-order valence-corrected chi connectivity index (χ4v) is 3.12. The van der Waals surface area contributed by atoms with Crippen molar-refractivity contribution in [2.75, 3.05) is 19.6 Å². The summed E-state index contributed by atoms with van der Waals surface area (Å²) in [5, 5.41) is 11.2. The van der Waals surface area contributed by atoms with E-state index in [2.05, 4.69) is 11.8 Å². The average Bonchev–Trinajstić information content (AvgIpc) is 2.87. The van der Waals surface area contributed by atoms with Crippen molar-refractivity contribution in [2.45, 2.75) is 32.3 Å². The maximum absolute atomic E-state index is 10.2. The van der Waals surface area contributed by atoms with Crippen LogP contribution in [0.5, 0.6) is 0 Å². The van der Waals surface area contributed by atoms with Crippen LogP contribution in [0.2, 0.25) is 10.0 Å². The highest BCUT2D eigenvalue weighted by Crippen LogP contribution is 2.31. The quantitative estimate of drug-likeness (QED) is 0.883. The van der Waals surface area contributed by atoms with Gasteiger partial charge in [0.1, 0.15) is 0 Å². The zero-order valence-electron chi connectivity index (χ0n) is 11.3. The van der Waals surface area contributed by atoms with Crippen molar-refractivity contribution in [3.63, 3.8) is 0 Å². The summed E-state index contributed by atoms with van der Waals surface area (Å²) in [5.41, 5.74) is 0.736. The lowest BCUT2D eigenvalue weighted by Gasteiger charge is -2.19. The van der Waals surface area contributed by atoms with Gasteiger partial charge in [0.15, 0.2) is 0 Å². The fourth-order valence-electron chi connectivity index (χ4n) is 2.69. The molecule has 1 N–H and O–H groups in total. The van der Waals surface area contributed by atoms with Crippen LogP contribution in [0.15, 0.2) is 18.2 Å². The van der Waals surface area contributed by atoms with Gasteiger partial charge in [0.05, 0.1) is 16.1 Å². The third-order valence-electron chi connectivity index (χ3n) is 4.01. The minimum absolute atomic E-state index is 0.476. The second-order valence-electron chi connectivity index (χ2n) is 5.31. The standard InChI is InChI=1S/C15H21Cl2NO/c1-2-11-6-8-18(10-11)9-7-14(19)12-4-3-5-13(16)15(12)17/h3-5,11,14,19H,2,6-10H2,1H3. The molecule has 0 spiro atoms. The molecule has 4 heteroatoms. The molecule has 0 bridgehead atoms. The van der Waals surface area contributed by atoms with Crippen molar-refractivity contribution in [2.24, 2.45) is 5.92 Å². The molecule has 0 saturated carbocycles. The van der Waals surface area contributed by atoms with E-state index in [9.17, 15) is 5.11 Å². The minimum Gasteiger partial charge on any atom is -0.388 e. The molecule has 1 saturated heterocycles. The molecule has 1 fully saturated rings. The zero-order valence-corrected chi connectivity index (χ0v) is 12.8. The van der Waals surface area contributed by atoms with E-state index < -0.39 is 6.10 Å². The summed E-state index contributed by atoms with van der Waals surface area (Å²) in [6, 6.07) is 5.42. The van der Waals surface area contributed by atoms with Gasteiger partial charge in [-0.2, -0.15) is 0 Å². The molecule has 19 heavy (non-hydrogen) atoms. The van der Waals surface area contributed by atoms with Crippen molar-refractivity contribution in [1.29, 1.82) is 0 Å². The summed E-state index contributed by atoms with van der Waals surface area (Å²) in [6.45, 7) is 5.47. The Hall–Kier alpha value is -0.280. The van der Waals surface area contributed by atoms with Gasteiger partial charge >= 0.3 is 0 Å². The summed E-state index contributed by atoms with van der Waals surface area (Å²) in [4.78, 5) is 2.43. The van der Waals surface area contributed by atoms with E-state index in [1.807, 2.05) is 12.1 Å². The minimum atomic E-state index is -0.535. The maximum atomic E-state index is 10.2. The molecule has 1 aromatic rings. The van der Waals surface area contributed by atoms with Gasteiger partial charge in [-0.05, 0) is 31.4 Å². The van der Waals surface area contributed by atoms with Crippen LogP contribution < -0.4 is 0 Å². The van der Waals surface area contributed by atoms with Crippen LogP contribution in [0.4, 0.5) is 0 Å². The Kier molecular flexibility index (Phi) is 5.52. The number of hydrogen-bond acceptors (Lipinski definition) is 2. The lowest BCUT2D eigenvalue weighted by molar-refractivity contribution is 0.148. The zero-order chi connectivity index (χ0) is 13.8. The van der Waals surface area contributed by atoms with E-state index in [1.54, 1.807) is 6.07 Å². The van der Waals surface area contributed by atoms with Gasteiger partial charge in [0.25, 0.3) is 0 Å². The third kappa shape index (κ3) is 3.85. The van der Waals surface area contributed by atoms with Gasteiger partial charge in [0, 0.05) is 18.7 Å². The Balaban J connectivity index is 1.88. The molecular weight excluding hydrogens is 281 g/mol. The molecule has 1 aromatic carbocycles. The van der Waals surface area contributed by atoms with E-state index in [0.29, 0.717) is 16.5 Å². The van der Waals surface area contributed by atoms with Crippen LogP contribution in [0.1, 0.15) is 37.9 Å². The molecule has 2 atom stereocenters. The predicted molar refractivity (Wildman–Crippen MR) is 80.9 cm³/mol. The molecule has 2 nitrogen and oxygen atoms in total. The molecule has 2 unspecified atom stereocenters. The summed E-state index contributed by atoms with van der Waals surface area (Å²) in [7, 11) is 0. The van der Waals surface area contributed by atoms with Crippen LogP contribution in [-0.4, -0.2) is 29.6 Å². The van der Waals surface area contributed by atoms with Crippen molar-refractivity contribution in [1.82, 2.24) is 4.90 Å². The first-order valence-electron chi connectivity index (χ1n) is 6.96. The second-order valence-corrected chi connectivity index (χ2v) is 6.10. The Labute approximate surface area is 125 Å². The molecule has 0 radical (unpaired) electrons. The lowest BCUT2D eigenvalue weighted by Crippen LogP contribution is -2.23. The molecule has 0 aliphatic carbocycles. The number of rotatable bonds is 5. The van der Waals surface area contributed by atoms with Gasteiger partial charge < -0.3 is 10.0 Å². The van der Waals surface area contributed by atoms with Crippen LogP contribution in [0.3, 0.4) is 0 Å². The van der Waals surface area contributed by atoms with Crippen LogP contribution in [0, 0.1) is 5.92 Å². The molecule has 2 rings (SSSR count). The van der Waals surface area contributed by atoms with Gasteiger partial charge in [-0.1, -0.05) is 48.7 Å². The van der Waals surface area contributed by atoms with Crippen LogP contribution in [0.25, 0.3) is 0 Å². The van der Waals surface area contributed by atoms with E-state index in [0.717, 1.165) is 31.1 Å². The second kappa shape index (κ2) is 6.94. The van der Waals surface area contributed by atoms with Gasteiger partial charge in [-0.15, -0.1) is 0 Å². The Morgan fingerprint density at radius 3 is 2.89 bits per heavy atom. The first-order chi connectivity index (χ1) is 9.11. The highest BCUT2D eigenvalue weighted by atomic mass is 35.5. The largest absolute Gasteiger partial charge is 0.388 e. The maximum Gasteiger partial charge on any atom is 0.0817 e. The smallest absolute Gasteiger partial charge is 0.0817 e. The first-order valence-corrected chi connectivity index (χ1v) is 7.71. The highest BCUT2D eigenvalue weighted by Gasteiger charge is 2.22. The van der Waals surface area contributed by atoms with E-state index >= 15 is 0 Å². The molecular formula is C15H21Cl2NO. The number of hydrogen-bond donors (Lipinski definition) is 1. The predicted octanol–water partition coefficient (Wildman–Crippen LogP) is 4.15. The van der Waals surface area contributed by atoms with E-state index in [1.165, 1.54) is 12.8 Å². The van der Waals surface area contributed by atoms with E-state index in [4.69, 9.17) is 23.2 Å². The highest BCUT2D eigenvalue weighted by molar-refractivity contribution is 6.42. The number of nitrogens with zero attached hydrogens (tertiary/aromatic N) is 1. The molecule has 0 aromatic heterocycles. The summed E-state index contributed by atoms with van der Waals surface area (Å²) in [6.07, 6.45) is 2.70. The molecule has 0 amide bonds. The molecule has 1 aliphatic heterocycles. The van der Waals surface area contributed by atoms with Gasteiger partial charge in [-0.25, -0.2) is 0 Å². The summed E-state index contributed by atoms with van der Waals surface area (Å²) >= 11 is 12.1. The fraction of sp³-hybridized carbons (Fsp3) is 0.600. The van der Waals surface area contributed by atoms with Crippen molar-refractivity contribution in [3.05, 3.63) is 33.8 Å². The Bertz CT molecular complexity index is 425.